The van der Waals surface area contributed by atoms with Crippen molar-refractivity contribution in [3.05, 3.63) is 35.4 Å². The predicted octanol–water partition coefficient (Wildman–Crippen LogP) is 1.67. The van der Waals surface area contributed by atoms with Crippen molar-refractivity contribution in [2.45, 2.75) is 46.4 Å². The van der Waals surface area contributed by atoms with Crippen molar-refractivity contribution in [3.63, 3.8) is 0 Å². The highest BCUT2D eigenvalue weighted by molar-refractivity contribution is 5.79. The molecule has 0 amide bonds. The van der Waals surface area contributed by atoms with Crippen LogP contribution in [0.15, 0.2) is 29.3 Å². The van der Waals surface area contributed by atoms with Gasteiger partial charge in [0.2, 0.25) is 0 Å². The van der Waals surface area contributed by atoms with Crippen molar-refractivity contribution in [2.24, 2.45) is 4.99 Å². The summed E-state index contributed by atoms with van der Waals surface area (Å²) in [7, 11) is 0. The Bertz CT molecular complexity index is 640. The first-order valence-corrected chi connectivity index (χ1v) is 11.3. The number of β-amino-alcohol motifs (C(OH)–C–C–N with tert-alkyl or cyclic N) is 1. The molecule has 1 unspecified atom stereocenters. The summed E-state index contributed by atoms with van der Waals surface area (Å²) >= 11 is 0. The summed E-state index contributed by atoms with van der Waals surface area (Å²) in [5.41, 5.74) is 1.72. The van der Waals surface area contributed by atoms with Crippen molar-refractivity contribution in [1.82, 2.24) is 20.4 Å². The maximum Gasteiger partial charge on any atom is 0.191 e. The molecular formula is C23H41N5O2. The van der Waals surface area contributed by atoms with E-state index >= 15 is 0 Å². The molecular weight excluding hydrogens is 378 g/mol. The fraction of sp³-hybridized carbons (Fsp3) is 0.696. The molecule has 0 radical (unpaired) electrons. The Morgan fingerprint density at radius 1 is 1.13 bits per heavy atom. The summed E-state index contributed by atoms with van der Waals surface area (Å²) in [6, 6.07) is 8.51. The fourth-order valence-corrected chi connectivity index (χ4v) is 3.63. The molecule has 30 heavy (non-hydrogen) atoms. The molecule has 0 bridgehead atoms. The van der Waals surface area contributed by atoms with Gasteiger partial charge in [0.05, 0.1) is 25.4 Å². The lowest BCUT2D eigenvalue weighted by molar-refractivity contribution is -0.0201. The van der Waals surface area contributed by atoms with Gasteiger partial charge in [0.15, 0.2) is 5.96 Å². The minimum atomic E-state index is -0.839. The molecule has 7 nitrogen and oxygen atoms in total. The van der Waals surface area contributed by atoms with Crippen LogP contribution in [0, 0.1) is 0 Å². The fourth-order valence-electron chi connectivity index (χ4n) is 3.63. The molecule has 1 aliphatic heterocycles. The first-order chi connectivity index (χ1) is 14.5. The molecule has 1 aromatic carbocycles. The monoisotopic (exact) mass is 419 g/mol. The predicted molar refractivity (Wildman–Crippen MR) is 124 cm³/mol. The molecule has 0 aromatic heterocycles. The van der Waals surface area contributed by atoms with Gasteiger partial charge >= 0.3 is 0 Å². The summed E-state index contributed by atoms with van der Waals surface area (Å²) in [5, 5.41) is 17.5. The average molecular weight is 420 g/mol. The van der Waals surface area contributed by atoms with Crippen LogP contribution in [0.1, 0.15) is 38.8 Å². The van der Waals surface area contributed by atoms with Crippen molar-refractivity contribution >= 4 is 5.96 Å². The molecule has 1 saturated heterocycles. The Balaban J connectivity index is 1.97. The van der Waals surface area contributed by atoms with Crippen LogP contribution in [0.3, 0.4) is 0 Å². The molecule has 0 aliphatic carbocycles. The molecule has 1 atom stereocenters. The quantitative estimate of drug-likeness (QED) is 0.374. The second-order valence-electron chi connectivity index (χ2n) is 8.16. The average Bonchev–Trinajstić information content (AvgIpc) is 2.75. The number of nitrogens with one attached hydrogen (secondary N) is 2. The van der Waals surface area contributed by atoms with Crippen LogP contribution in [0.5, 0.6) is 0 Å². The minimum Gasteiger partial charge on any atom is -0.387 e. The number of nitrogens with zero attached hydrogens (tertiary/aromatic N) is 3. The molecule has 1 aliphatic rings. The molecule has 1 heterocycles. The largest absolute Gasteiger partial charge is 0.387 e. The van der Waals surface area contributed by atoms with E-state index in [1.807, 2.05) is 6.92 Å². The number of ether oxygens (including phenoxy) is 1. The van der Waals surface area contributed by atoms with E-state index in [0.717, 1.165) is 58.4 Å². The number of morpholine rings is 1. The molecule has 1 fully saturated rings. The van der Waals surface area contributed by atoms with E-state index in [2.05, 4.69) is 65.5 Å². The van der Waals surface area contributed by atoms with E-state index in [0.29, 0.717) is 19.6 Å². The first kappa shape index (κ1) is 24.6. The van der Waals surface area contributed by atoms with E-state index in [4.69, 9.17) is 9.73 Å². The third-order valence-corrected chi connectivity index (χ3v) is 5.46. The highest BCUT2D eigenvalue weighted by atomic mass is 16.5. The maximum atomic E-state index is 10.8. The Hall–Kier alpha value is -1.67. The number of aliphatic hydroxyl groups is 1. The normalized spacial score (nSPS) is 17.7. The van der Waals surface area contributed by atoms with Gasteiger partial charge in [-0.3, -0.25) is 9.80 Å². The van der Waals surface area contributed by atoms with E-state index in [-0.39, 0.29) is 0 Å². The topological polar surface area (TPSA) is 72.4 Å². The number of aliphatic imine (C=N–C) groups is 1. The van der Waals surface area contributed by atoms with Crippen molar-refractivity contribution in [3.8, 4) is 0 Å². The summed E-state index contributed by atoms with van der Waals surface area (Å²) in [6.07, 6.45) is 0. The van der Waals surface area contributed by atoms with E-state index in [1.165, 1.54) is 11.1 Å². The molecule has 0 saturated carbocycles. The standard InChI is InChI=1S/C23H41N5O2/c1-5-24-22(26-18-23(4,29)19-28-12-14-30-15-13-28)25-16-20-10-8-9-11-21(20)17-27(6-2)7-3/h8-11,29H,5-7,12-19H2,1-4H3,(H2,24,25,26). The highest BCUT2D eigenvalue weighted by Gasteiger charge is 2.25. The third kappa shape index (κ3) is 8.60. The van der Waals surface area contributed by atoms with Crippen molar-refractivity contribution < 1.29 is 9.84 Å². The molecule has 170 valence electrons. The molecule has 3 N–H and O–H groups in total. The van der Waals surface area contributed by atoms with E-state index in [1.54, 1.807) is 0 Å². The Morgan fingerprint density at radius 3 is 2.43 bits per heavy atom. The molecule has 0 spiro atoms. The van der Waals surface area contributed by atoms with Crippen LogP contribution in [0.2, 0.25) is 0 Å². The smallest absolute Gasteiger partial charge is 0.191 e. The second kappa shape index (κ2) is 12.9. The molecule has 7 heteroatoms. The summed E-state index contributed by atoms with van der Waals surface area (Å²) in [6.45, 7) is 17.0. The van der Waals surface area contributed by atoms with Gasteiger partial charge in [-0.2, -0.15) is 0 Å². The minimum absolute atomic E-state index is 0.442. The SMILES string of the molecule is CCNC(=NCc1ccccc1CN(CC)CC)NCC(C)(O)CN1CCOCC1. The van der Waals surface area contributed by atoms with Gasteiger partial charge in [-0.05, 0) is 38.1 Å². The number of guanidine groups is 1. The van der Waals surface area contributed by atoms with Gasteiger partial charge in [-0.15, -0.1) is 0 Å². The van der Waals surface area contributed by atoms with Crippen LogP contribution >= 0.6 is 0 Å². The lowest BCUT2D eigenvalue weighted by Crippen LogP contribution is -2.52. The number of hydrogen-bond donors (Lipinski definition) is 3. The lowest BCUT2D eigenvalue weighted by atomic mass is 10.1. The van der Waals surface area contributed by atoms with E-state index < -0.39 is 5.60 Å². The zero-order valence-corrected chi connectivity index (χ0v) is 19.3. The Kier molecular flexibility index (Phi) is 10.6. The van der Waals surface area contributed by atoms with Crippen LogP contribution in [-0.2, 0) is 17.8 Å². The third-order valence-electron chi connectivity index (χ3n) is 5.46. The molecule has 2 rings (SSSR count). The zero-order chi connectivity index (χ0) is 21.8. The lowest BCUT2D eigenvalue weighted by Gasteiger charge is -2.34. The van der Waals surface area contributed by atoms with Gasteiger partial charge in [-0.25, -0.2) is 4.99 Å². The van der Waals surface area contributed by atoms with Crippen LogP contribution in [-0.4, -0.2) is 85.5 Å². The number of benzene rings is 1. The van der Waals surface area contributed by atoms with Gasteiger partial charge in [0.1, 0.15) is 0 Å². The summed E-state index contributed by atoms with van der Waals surface area (Å²) in [4.78, 5) is 9.44. The van der Waals surface area contributed by atoms with Crippen LogP contribution < -0.4 is 10.6 Å². The van der Waals surface area contributed by atoms with Crippen molar-refractivity contribution in [1.29, 1.82) is 0 Å². The first-order valence-electron chi connectivity index (χ1n) is 11.3. The Morgan fingerprint density at radius 2 is 1.80 bits per heavy atom. The zero-order valence-electron chi connectivity index (χ0n) is 19.3. The molecule has 1 aromatic rings. The summed E-state index contributed by atoms with van der Waals surface area (Å²) < 4.78 is 5.40. The van der Waals surface area contributed by atoms with Crippen LogP contribution in [0.4, 0.5) is 0 Å². The number of rotatable bonds is 11. The van der Waals surface area contributed by atoms with Gasteiger partial charge < -0.3 is 20.5 Å². The van der Waals surface area contributed by atoms with Gasteiger partial charge in [0, 0.05) is 39.3 Å². The number of hydrogen-bond acceptors (Lipinski definition) is 5. The highest BCUT2D eigenvalue weighted by Crippen LogP contribution is 2.13. The van der Waals surface area contributed by atoms with Crippen molar-refractivity contribution in [2.75, 3.05) is 59.0 Å². The van der Waals surface area contributed by atoms with Gasteiger partial charge in [-0.1, -0.05) is 38.1 Å². The van der Waals surface area contributed by atoms with Gasteiger partial charge in [0.25, 0.3) is 0 Å². The Labute approximate surface area is 182 Å². The summed E-state index contributed by atoms with van der Waals surface area (Å²) in [5.74, 6) is 0.734. The van der Waals surface area contributed by atoms with E-state index in [9.17, 15) is 5.11 Å². The maximum absolute atomic E-state index is 10.8. The van der Waals surface area contributed by atoms with Crippen LogP contribution in [0.25, 0.3) is 0 Å². The second-order valence-corrected chi connectivity index (χ2v) is 8.16.